The molecule has 0 spiro atoms. The summed E-state index contributed by atoms with van der Waals surface area (Å²) in [5.41, 5.74) is 2.20. The van der Waals surface area contributed by atoms with Gasteiger partial charge in [-0.15, -0.1) is 0 Å². The van der Waals surface area contributed by atoms with E-state index < -0.39 is 18.5 Å². The van der Waals surface area contributed by atoms with Gasteiger partial charge in [-0.2, -0.15) is 0 Å². The number of nitrogens with one attached hydrogen (secondary N) is 1. The minimum Gasteiger partial charge on any atom is -0.452 e. The summed E-state index contributed by atoms with van der Waals surface area (Å²) in [6.45, 7) is 1.43. The lowest BCUT2D eigenvalue weighted by Gasteiger charge is -2.29. The number of carbonyl (C=O) groups is 4. The molecule has 2 aromatic carbocycles. The second kappa shape index (κ2) is 9.24. The van der Waals surface area contributed by atoms with E-state index in [2.05, 4.69) is 21.2 Å². The van der Waals surface area contributed by atoms with Gasteiger partial charge >= 0.3 is 5.97 Å². The normalized spacial score (nSPS) is 16.1. The molecule has 1 saturated carbocycles. The lowest BCUT2D eigenvalue weighted by Crippen LogP contribution is -2.40. The summed E-state index contributed by atoms with van der Waals surface area (Å²) in [5.74, 6) is -1.88. The van der Waals surface area contributed by atoms with Crippen molar-refractivity contribution in [3.8, 4) is 0 Å². The fourth-order valence-electron chi connectivity index (χ4n) is 4.19. The van der Waals surface area contributed by atoms with Crippen molar-refractivity contribution in [2.24, 2.45) is 0 Å². The molecule has 1 aliphatic carbocycles. The van der Waals surface area contributed by atoms with Crippen LogP contribution in [-0.2, 0) is 9.53 Å². The first-order valence-electron chi connectivity index (χ1n) is 10.6. The van der Waals surface area contributed by atoms with E-state index in [9.17, 15) is 19.2 Å². The number of esters is 1. The second-order valence-electron chi connectivity index (χ2n) is 8.12. The van der Waals surface area contributed by atoms with Crippen LogP contribution in [-0.4, -0.2) is 41.2 Å². The number of nitrogens with zero attached hydrogens (tertiary/aromatic N) is 1. The van der Waals surface area contributed by atoms with E-state index in [1.165, 1.54) is 23.1 Å². The Kier molecular flexibility index (Phi) is 6.41. The maximum atomic E-state index is 12.9. The minimum atomic E-state index is -0.730. The first kappa shape index (κ1) is 22.2. The predicted molar refractivity (Wildman–Crippen MR) is 122 cm³/mol. The van der Waals surface area contributed by atoms with Gasteiger partial charge in [0.1, 0.15) is 0 Å². The molecule has 0 radical (unpaired) electrons. The summed E-state index contributed by atoms with van der Waals surface area (Å²) in [6.07, 6.45) is 4.74. The molecule has 0 aromatic heterocycles. The van der Waals surface area contributed by atoms with E-state index in [4.69, 9.17) is 4.74 Å². The molecule has 0 bridgehead atoms. The first-order valence-corrected chi connectivity index (χ1v) is 11.4. The van der Waals surface area contributed by atoms with Gasteiger partial charge in [0.2, 0.25) is 0 Å². The van der Waals surface area contributed by atoms with E-state index in [0.29, 0.717) is 11.3 Å². The molecule has 0 atom stereocenters. The molecule has 0 saturated heterocycles. The summed E-state index contributed by atoms with van der Waals surface area (Å²) < 4.78 is 6.04. The Labute approximate surface area is 194 Å². The minimum absolute atomic E-state index is 0.0857. The zero-order valence-electron chi connectivity index (χ0n) is 17.7. The molecule has 2 aromatic rings. The van der Waals surface area contributed by atoms with Crippen molar-refractivity contribution in [1.82, 2.24) is 4.90 Å². The zero-order valence-corrected chi connectivity index (χ0v) is 19.2. The number of anilines is 1. The van der Waals surface area contributed by atoms with Gasteiger partial charge < -0.3 is 10.1 Å². The summed E-state index contributed by atoms with van der Waals surface area (Å²) in [7, 11) is 0. The second-order valence-corrected chi connectivity index (χ2v) is 8.98. The van der Waals surface area contributed by atoms with Crippen LogP contribution in [0.4, 0.5) is 5.69 Å². The van der Waals surface area contributed by atoms with Crippen LogP contribution in [0.25, 0.3) is 0 Å². The molecule has 1 fully saturated rings. The zero-order chi connectivity index (χ0) is 22.8. The van der Waals surface area contributed by atoms with Crippen LogP contribution in [0.1, 0.15) is 68.7 Å². The van der Waals surface area contributed by atoms with Crippen LogP contribution in [0.15, 0.2) is 40.9 Å². The third-order valence-corrected chi connectivity index (χ3v) is 6.76. The van der Waals surface area contributed by atoms with E-state index in [1.807, 2.05) is 13.0 Å². The van der Waals surface area contributed by atoms with E-state index in [-0.39, 0.29) is 29.0 Å². The Balaban J connectivity index is 1.40. The van der Waals surface area contributed by atoms with Gasteiger partial charge in [0.05, 0.1) is 16.7 Å². The van der Waals surface area contributed by atoms with Crippen LogP contribution < -0.4 is 5.32 Å². The number of ether oxygens (including phenoxy) is 1. The number of imide groups is 1. The van der Waals surface area contributed by atoms with E-state index >= 15 is 0 Å². The molecule has 0 unspecified atom stereocenters. The van der Waals surface area contributed by atoms with E-state index in [1.54, 1.807) is 12.1 Å². The number of carbonyl (C=O) groups excluding carboxylic acids is 4. The molecule has 32 heavy (non-hydrogen) atoms. The van der Waals surface area contributed by atoms with Gasteiger partial charge in [-0.1, -0.05) is 35.2 Å². The van der Waals surface area contributed by atoms with Crippen molar-refractivity contribution >= 4 is 45.3 Å². The number of rotatable bonds is 5. The Bertz CT molecular complexity index is 1110. The molecule has 8 heteroatoms. The van der Waals surface area contributed by atoms with Gasteiger partial charge in [-0.3, -0.25) is 19.3 Å². The number of aryl methyl sites for hydroxylation is 1. The summed E-state index contributed by atoms with van der Waals surface area (Å²) >= 11 is 3.40. The van der Waals surface area contributed by atoms with Crippen molar-refractivity contribution in [1.29, 1.82) is 0 Å². The van der Waals surface area contributed by atoms with Crippen LogP contribution in [0.3, 0.4) is 0 Å². The number of hydrogen-bond acceptors (Lipinski definition) is 5. The van der Waals surface area contributed by atoms with Crippen molar-refractivity contribution in [2.45, 2.75) is 45.1 Å². The average molecular weight is 499 g/mol. The first-order chi connectivity index (χ1) is 15.3. The SMILES string of the molecule is Cc1cc(NC(=O)COC(=O)c2ccc3c(c2)C(=O)N(C2CCCCC2)C3=O)ccc1Br. The fourth-order valence-corrected chi connectivity index (χ4v) is 4.44. The predicted octanol–water partition coefficient (Wildman–Crippen LogP) is 4.48. The fraction of sp³-hybridized carbons (Fsp3) is 0.333. The van der Waals surface area contributed by atoms with Gasteiger partial charge in [0.25, 0.3) is 17.7 Å². The van der Waals surface area contributed by atoms with Crippen LogP contribution >= 0.6 is 15.9 Å². The molecule has 1 aliphatic heterocycles. The molecular weight excluding hydrogens is 476 g/mol. The number of amides is 3. The summed E-state index contributed by atoms with van der Waals surface area (Å²) in [5, 5.41) is 2.67. The molecule has 2 aliphatic rings. The van der Waals surface area contributed by atoms with E-state index in [0.717, 1.165) is 42.1 Å². The lowest BCUT2D eigenvalue weighted by atomic mass is 9.94. The Hall–Kier alpha value is -3.00. The molecule has 1 heterocycles. The molecule has 4 rings (SSSR count). The van der Waals surface area contributed by atoms with Gasteiger partial charge in [0, 0.05) is 16.2 Å². The maximum Gasteiger partial charge on any atom is 0.338 e. The standard InChI is InChI=1S/C24H23BrN2O5/c1-14-11-16(8-10-20(14)25)26-21(28)13-32-24(31)15-7-9-18-19(12-15)23(30)27(22(18)29)17-5-3-2-4-6-17/h7-12,17H,2-6,13H2,1H3,(H,26,28). The lowest BCUT2D eigenvalue weighted by molar-refractivity contribution is -0.119. The Morgan fingerprint density at radius 3 is 2.47 bits per heavy atom. The highest BCUT2D eigenvalue weighted by Gasteiger charge is 2.40. The topological polar surface area (TPSA) is 92.8 Å². The van der Waals surface area contributed by atoms with Crippen molar-refractivity contribution in [3.63, 3.8) is 0 Å². The van der Waals surface area contributed by atoms with Crippen molar-refractivity contribution in [2.75, 3.05) is 11.9 Å². The average Bonchev–Trinajstić information content (AvgIpc) is 3.04. The van der Waals surface area contributed by atoms with Gasteiger partial charge in [-0.05, 0) is 61.7 Å². The van der Waals surface area contributed by atoms with Crippen molar-refractivity contribution < 1.29 is 23.9 Å². The highest BCUT2D eigenvalue weighted by molar-refractivity contribution is 9.10. The van der Waals surface area contributed by atoms with Crippen molar-refractivity contribution in [3.05, 3.63) is 63.1 Å². The number of fused-ring (bicyclic) bond motifs is 1. The smallest absolute Gasteiger partial charge is 0.338 e. The third kappa shape index (κ3) is 4.46. The number of hydrogen-bond donors (Lipinski definition) is 1. The molecular formula is C24H23BrN2O5. The van der Waals surface area contributed by atoms with Crippen LogP contribution in [0, 0.1) is 6.92 Å². The van der Waals surface area contributed by atoms with Crippen LogP contribution in [0.2, 0.25) is 0 Å². The Morgan fingerprint density at radius 2 is 1.75 bits per heavy atom. The maximum absolute atomic E-state index is 12.9. The van der Waals surface area contributed by atoms with Crippen LogP contribution in [0.5, 0.6) is 0 Å². The number of benzene rings is 2. The number of halogens is 1. The quantitative estimate of drug-likeness (QED) is 0.484. The Morgan fingerprint density at radius 1 is 1.03 bits per heavy atom. The summed E-state index contributed by atoms with van der Waals surface area (Å²) in [6, 6.07) is 9.58. The van der Waals surface area contributed by atoms with Gasteiger partial charge in [0.15, 0.2) is 6.61 Å². The third-order valence-electron chi connectivity index (χ3n) is 5.87. The van der Waals surface area contributed by atoms with Gasteiger partial charge in [-0.25, -0.2) is 4.79 Å². The molecule has 1 N–H and O–H groups in total. The monoisotopic (exact) mass is 498 g/mol. The molecule has 7 nitrogen and oxygen atoms in total. The highest BCUT2D eigenvalue weighted by Crippen LogP contribution is 2.31. The highest BCUT2D eigenvalue weighted by atomic mass is 79.9. The summed E-state index contributed by atoms with van der Waals surface area (Å²) in [4.78, 5) is 51.6. The molecule has 3 amide bonds. The molecule has 166 valence electrons. The largest absolute Gasteiger partial charge is 0.452 e.